The first-order valence-electron chi connectivity index (χ1n) is 6.75. The van der Waals surface area contributed by atoms with Gasteiger partial charge in [-0.25, -0.2) is 4.79 Å². The van der Waals surface area contributed by atoms with Gasteiger partial charge in [-0.15, -0.1) is 0 Å². The van der Waals surface area contributed by atoms with E-state index in [0.29, 0.717) is 25.6 Å². The van der Waals surface area contributed by atoms with E-state index in [9.17, 15) is 4.79 Å². The predicted molar refractivity (Wildman–Crippen MR) is 78.4 cm³/mol. The molecule has 0 radical (unpaired) electrons. The Bertz CT molecular complexity index is 388. The number of nitrogens with zero attached hydrogens (tertiary/aromatic N) is 1. The molecular weight excluding hydrogens is 240 g/mol. The lowest BCUT2D eigenvalue weighted by molar-refractivity contribution is 0.140. The summed E-state index contributed by atoms with van der Waals surface area (Å²) in [5.74, 6) is 0.332. The molecule has 106 valence electrons. The highest BCUT2D eigenvalue weighted by Crippen LogP contribution is 2.17. The van der Waals surface area contributed by atoms with Crippen molar-refractivity contribution in [2.24, 2.45) is 11.7 Å². The molecule has 0 aromatic heterocycles. The van der Waals surface area contributed by atoms with Gasteiger partial charge >= 0.3 is 6.09 Å². The largest absolute Gasteiger partial charge is 0.449 e. The minimum atomic E-state index is -0.300. The van der Waals surface area contributed by atoms with Crippen LogP contribution in [0.15, 0.2) is 24.3 Å². The Morgan fingerprint density at radius 1 is 1.32 bits per heavy atom. The summed E-state index contributed by atoms with van der Waals surface area (Å²) in [6, 6.07) is 7.84. The second-order valence-corrected chi connectivity index (χ2v) is 5.10. The van der Waals surface area contributed by atoms with E-state index in [2.05, 4.69) is 0 Å². The van der Waals surface area contributed by atoms with Crippen LogP contribution in [-0.4, -0.2) is 25.8 Å². The number of rotatable bonds is 6. The first kappa shape index (κ1) is 15.5. The number of aryl methyl sites for hydroxylation is 1. The maximum absolute atomic E-state index is 12.1. The molecule has 0 aliphatic rings. The lowest BCUT2D eigenvalue weighted by atomic mass is 10.2. The van der Waals surface area contributed by atoms with Gasteiger partial charge in [-0.2, -0.15) is 0 Å². The van der Waals surface area contributed by atoms with Gasteiger partial charge in [-0.05, 0) is 37.9 Å². The van der Waals surface area contributed by atoms with E-state index in [4.69, 9.17) is 10.5 Å². The first-order chi connectivity index (χ1) is 9.04. The quantitative estimate of drug-likeness (QED) is 0.859. The number of carbonyl (C=O) groups is 1. The average Bonchev–Trinajstić information content (AvgIpc) is 2.38. The summed E-state index contributed by atoms with van der Waals surface area (Å²) in [7, 11) is 0. The van der Waals surface area contributed by atoms with Crippen LogP contribution in [0.5, 0.6) is 0 Å². The van der Waals surface area contributed by atoms with E-state index < -0.39 is 0 Å². The van der Waals surface area contributed by atoms with Gasteiger partial charge in [0.1, 0.15) is 0 Å². The smallest absolute Gasteiger partial charge is 0.414 e. The number of nitrogens with two attached hydrogens (primary N) is 1. The summed E-state index contributed by atoms with van der Waals surface area (Å²) in [5, 5.41) is 0. The summed E-state index contributed by atoms with van der Waals surface area (Å²) in [6.07, 6.45) is 0.455. The van der Waals surface area contributed by atoms with Gasteiger partial charge in [0.2, 0.25) is 0 Å². The minimum absolute atomic E-state index is 0.300. The fraction of sp³-hybridized carbons (Fsp3) is 0.533. The molecule has 1 amide bonds. The molecule has 1 aromatic carbocycles. The molecule has 0 saturated heterocycles. The molecule has 4 nitrogen and oxygen atoms in total. The molecule has 1 rings (SSSR count). The van der Waals surface area contributed by atoms with Crippen molar-refractivity contribution in [3.05, 3.63) is 29.8 Å². The number of hydrogen-bond donors (Lipinski definition) is 1. The topological polar surface area (TPSA) is 55.6 Å². The molecule has 0 heterocycles. The van der Waals surface area contributed by atoms with Crippen molar-refractivity contribution >= 4 is 11.8 Å². The van der Waals surface area contributed by atoms with Gasteiger partial charge in [0.15, 0.2) is 0 Å². The molecule has 19 heavy (non-hydrogen) atoms. The standard InChI is InChI=1S/C15H24N2O2/c1-12(2)11-19-15(18)17(10-4-9-16)14-7-5-13(3)6-8-14/h5-8,12H,4,9-11,16H2,1-3H3. The second-order valence-electron chi connectivity index (χ2n) is 5.10. The van der Waals surface area contributed by atoms with Crippen LogP contribution in [-0.2, 0) is 4.74 Å². The van der Waals surface area contributed by atoms with Gasteiger partial charge < -0.3 is 10.5 Å². The third-order valence-electron chi connectivity index (χ3n) is 2.69. The molecule has 2 N–H and O–H groups in total. The summed E-state index contributed by atoms with van der Waals surface area (Å²) in [4.78, 5) is 13.7. The van der Waals surface area contributed by atoms with E-state index in [1.165, 1.54) is 0 Å². The molecule has 4 heteroatoms. The van der Waals surface area contributed by atoms with E-state index in [1.54, 1.807) is 4.90 Å². The second kappa shape index (κ2) is 7.79. The van der Waals surface area contributed by atoms with Crippen molar-refractivity contribution < 1.29 is 9.53 Å². The van der Waals surface area contributed by atoms with Crippen LogP contribution in [0, 0.1) is 12.8 Å². The zero-order chi connectivity index (χ0) is 14.3. The van der Waals surface area contributed by atoms with Crippen molar-refractivity contribution in [2.45, 2.75) is 27.2 Å². The van der Waals surface area contributed by atoms with Crippen molar-refractivity contribution in [3.8, 4) is 0 Å². The molecule has 0 fully saturated rings. The van der Waals surface area contributed by atoms with E-state index >= 15 is 0 Å². The van der Waals surface area contributed by atoms with Crippen LogP contribution < -0.4 is 10.6 Å². The Morgan fingerprint density at radius 3 is 2.47 bits per heavy atom. The highest BCUT2D eigenvalue weighted by atomic mass is 16.6. The van der Waals surface area contributed by atoms with Crippen LogP contribution in [0.3, 0.4) is 0 Å². The maximum atomic E-state index is 12.1. The third-order valence-corrected chi connectivity index (χ3v) is 2.69. The van der Waals surface area contributed by atoms with E-state index in [1.807, 2.05) is 45.0 Å². The normalized spacial score (nSPS) is 10.6. The number of benzene rings is 1. The summed E-state index contributed by atoms with van der Waals surface area (Å²) >= 11 is 0. The van der Waals surface area contributed by atoms with Gasteiger partial charge in [-0.1, -0.05) is 31.5 Å². The van der Waals surface area contributed by atoms with Crippen molar-refractivity contribution in [3.63, 3.8) is 0 Å². The Kier molecular flexibility index (Phi) is 6.36. The Balaban J connectivity index is 2.75. The van der Waals surface area contributed by atoms with E-state index in [0.717, 1.165) is 17.7 Å². The Labute approximate surface area is 115 Å². The SMILES string of the molecule is Cc1ccc(N(CCCN)C(=O)OCC(C)C)cc1. The fourth-order valence-electron chi connectivity index (χ4n) is 1.62. The van der Waals surface area contributed by atoms with E-state index in [-0.39, 0.29) is 6.09 Å². The zero-order valence-electron chi connectivity index (χ0n) is 12.1. The van der Waals surface area contributed by atoms with Crippen LogP contribution in [0.25, 0.3) is 0 Å². The van der Waals surface area contributed by atoms with Crippen LogP contribution in [0.2, 0.25) is 0 Å². The summed E-state index contributed by atoms with van der Waals surface area (Å²) in [6.45, 7) is 7.62. The minimum Gasteiger partial charge on any atom is -0.449 e. The van der Waals surface area contributed by atoms with Crippen LogP contribution in [0.4, 0.5) is 10.5 Å². The number of amides is 1. The van der Waals surface area contributed by atoms with Gasteiger partial charge in [-0.3, -0.25) is 4.90 Å². The molecule has 0 saturated carbocycles. The predicted octanol–water partition coefficient (Wildman–Crippen LogP) is 2.94. The summed E-state index contributed by atoms with van der Waals surface area (Å²) in [5.41, 5.74) is 7.54. The van der Waals surface area contributed by atoms with Crippen molar-refractivity contribution in [2.75, 3.05) is 24.6 Å². The summed E-state index contributed by atoms with van der Waals surface area (Å²) < 4.78 is 5.29. The number of ether oxygens (including phenoxy) is 1. The molecule has 0 atom stereocenters. The zero-order valence-corrected chi connectivity index (χ0v) is 12.1. The maximum Gasteiger partial charge on any atom is 0.414 e. The van der Waals surface area contributed by atoms with Crippen LogP contribution >= 0.6 is 0 Å². The lowest BCUT2D eigenvalue weighted by Gasteiger charge is -2.22. The first-order valence-corrected chi connectivity index (χ1v) is 6.75. The molecule has 0 aliphatic carbocycles. The van der Waals surface area contributed by atoms with Gasteiger partial charge in [0.25, 0.3) is 0 Å². The Morgan fingerprint density at radius 2 is 1.95 bits per heavy atom. The van der Waals surface area contributed by atoms with Gasteiger partial charge in [0, 0.05) is 12.2 Å². The molecule has 0 spiro atoms. The van der Waals surface area contributed by atoms with Crippen LogP contribution in [0.1, 0.15) is 25.8 Å². The number of anilines is 1. The molecule has 1 aromatic rings. The fourth-order valence-corrected chi connectivity index (χ4v) is 1.62. The Hall–Kier alpha value is -1.55. The monoisotopic (exact) mass is 264 g/mol. The number of carbonyl (C=O) groups excluding carboxylic acids is 1. The molecule has 0 bridgehead atoms. The average molecular weight is 264 g/mol. The molecule has 0 aliphatic heterocycles. The highest BCUT2D eigenvalue weighted by molar-refractivity contribution is 5.87. The highest BCUT2D eigenvalue weighted by Gasteiger charge is 2.16. The van der Waals surface area contributed by atoms with Crippen molar-refractivity contribution in [1.29, 1.82) is 0 Å². The molecular formula is C15H24N2O2. The number of hydrogen-bond acceptors (Lipinski definition) is 3. The van der Waals surface area contributed by atoms with Gasteiger partial charge in [0.05, 0.1) is 6.61 Å². The van der Waals surface area contributed by atoms with Crippen molar-refractivity contribution in [1.82, 2.24) is 0 Å². The third kappa shape index (κ3) is 5.30. The lowest BCUT2D eigenvalue weighted by Crippen LogP contribution is -2.34. The molecule has 0 unspecified atom stereocenters.